The topological polar surface area (TPSA) is 46.0 Å². The zero-order valence-electron chi connectivity index (χ0n) is 10.7. The summed E-state index contributed by atoms with van der Waals surface area (Å²) in [7, 11) is 0. The molecule has 0 radical (unpaired) electrons. The molecule has 16 heavy (non-hydrogen) atoms. The Labute approximate surface area is 97.9 Å². The van der Waals surface area contributed by atoms with Crippen LogP contribution in [0.1, 0.15) is 56.2 Å². The summed E-state index contributed by atoms with van der Waals surface area (Å²) in [6.45, 7) is 8.16. The number of hydrogen-bond acceptors (Lipinski definition) is 3. The highest BCUT2D eigenvalue weighted by atomic mass is 16.3. The van der Waals surface area contributed by atoms with Crippen LogP contribution in [0.5, 0.6) is 0 Å². The molecule has 1 N–H and O–H groups in total. The van der Waals surface area contributed by atoms with E-state index in [2.05, 4.69) is 24.0 Å². The van der Waals surface area contributed by atoms with Crippen molar-refractivity contribution in [2.75, 3.05) is 0 Å². The molecule has 0 aromatic carbocycles. The molecule has 1 rings (SSSR count). The minimum atomic E-state index is -0.407. The SMILES string of the molecule is CCCC(C)CC(O)c1cc(C)nnc1C. The van der Waals surface area contributed by atoms with Gasteiger partial charge < -0.3 is 5.11 Å². The molecule has 0 aliphatic rings. The molecule has 1 heterocycles. The van der Waals surface area contributed by atoms with Gasteiger partial charge in [0, 0.05) is 5.56 Å². The first-order valence-corrected chi connectivity index (χ1v) is 6.03. The summed E-state index contributed by atoms with van der Waals surface area (Å²) >= 11 is 0. The highest BCUT2D eigenvalue weighted by Gasteiger charge is 2.15. The summed E-state index contributed by atoms with van der Waals surface area (Å²) in [5, 5.41) is 18.2. The summed E-state index contributed by atoms with van der Waals surface area (Å²) in [6, 6.07) is 1.94. The predicted octanol–water partition coefficient (Wildman–Crippen LogP) is 2.95. The molecule has 0 aliphatic heterocycles. The molecule has 3 nitrogen and oxygen atoms in total. The van der Waals surface area contributed by atoms with E-state index in [-0.39, 0.29) is 0 Å². The molecule has 0 amide bonds. The van der Waals surface area contributed by atoms with Gasteiger partial charge in [-0.25, -0.2) is 0 Å². The molecule has 90 valence electrons. The third-order valence-electron chi connectivity index (χ3n) is 2.91. The summed E-state index contributed by atoms with van der Waals surface area (Å²) in [5.74, 6) is 0.549. The third-order valence-corrected chi connectivity index (χ3v) is 2.91. The van der Waals surface area contributed by atoms with Crippen molar-refractivity contribution in [3.8, 4) is 0 Å². The van der Waals surface area contributed by atoms with Crippen LogP contribution in [-0.2, 0) is 0 Å². The molecular weight excluding hydrogens is 200 g/mol. The maximum Gasteiger partial charge on any atom is 0.0811 e. The number of aliphatic hydroxyl groups is 1. The molecule has 2 unspecified atom stereocenters. The van der Waals surface area contributed by atoms with Crippen molar-refractivity contribution in [2.45, 2.75) is 53.1 Å². The Kier molecular flexibility index (Phi) is 4.87. The van der Waals surface area contributed by atoms with E-state index in [1.807, 2.05) is 19.9 Å². The van der Waals surface area contributed by atoms with Crippen LogP contribution in [-0.4, -0.2) is 15.3 Å². The van der Waals surface area contributed by atoms with Crippen molar-refractivity contribution in [2.24, 2.45) is 5.92 Å². The van der Waals surface area contributed by atoms with Crippen LogP contribution in [0.15, 0.2) is 6.07 Å². The number of hydrogen-bond donors (Lipinski definition) is 1. The Hall–Kier alpha value is -0.960. The van der Waals surface area contributed by atoms with Gasteiger partial charge in [-0.15, -0.1) is 0 Å². The Morgan fingerprint density at radius 1 is 1.31 bits per heavy atom. The van der Waals surface area contributed by atoms with Crippen LogP contribution in [0.3, 0.4) is 0 Å². The molecule has 0 fully saturated rings. The van der Waals surface area contributed by atoms with Crippen LogP contribution in [0.4, 0.5) is 0 Å². The van der Waals surface area contributed by atoms with E-state index in [9.17, 15) is 5.11 Å². The zero-order valence-corrected chi connectivity index (χ0v) is 10.7. The lowest BCUT2D eigenvalue weighted by atomic mass is 9.94. The van der Waals surface area contributed by atoms with Crippen molar-refractivity contribution in [1.82, 2.24) is 10.2 Å². The first kappa shape index (κ1) is 13.1. The van der Waals surface area contributed by atoms with Crippen molar-refractivity contribution in [1.29, 1.82) is 0 Å². The number of aryl methyl sites for hydroxylation is 2. The van der Waals surface area contributed by atoms with Gasteiger partial charge in [0.2, 0.25) is 0 Å². The number of nitrogens with zero attached hydrogens (tertiary/aromatic N) is 2. The molecule has 0 bridgehead atoms. The minimum absolute atomic E-state index is 0.407. The maximum absolute atomic E-state index is 10.2. The van der Waals surface area contributed by atoms with E-state index in [4.69, 9.17) is 0 Å². The fourth-order valence-corrected chi connectivity index (χ4v) is 2.03. The van der Waals surface area contributed by atoms with Gasteiger partial charge in [-0.05, 0) is 32.3 Å². The second-order valence-electron chi connectivity index (χ2n) is 4.67. The number of rotatable bonds is 5. The van der Waals surface area contributed by atoms with Crippen molar-refractivity contribution in [3.63, 3.8) is 0 Å². The average molecular weight is 222 g/mol. The molecule has 0 spiro atoms. The fourth-order valence-electron chi connectivity index (χ4n) is 2.03. The van der Waals surface area contributed by atoms with Crippen LogP contribution in [0, 0.1) is 19.8 Å². The van der Waals surface area contributed by atoms with E-state index in [1.54, 1.807) is 0 Å². The van der Waals surface area contributed by atoms with Gasteiger partial charge in [-0.3, -0.25) is 0 Å². The van der Waals surface area contributed by atoms with Crippen molar-refractivity contribution < 1.29 is 5.11 Å². The van der Waals surface area contributed by atoms with Crippen LogP contribution >= 0.6 is 0 Å². The van der Waals surface area contributed by atoms with Crippen LogP contribution < -0.4 is 0 Å². The van der Waals surface area contributed by atoms with Gasteiger partial charge >= 0.3 is 0 Å². The highest BCUT2D eigenvalue weighted by molar-refractivity contribution is 5.22. The molecule has 2 atom stereocenters. The smallest absolute Gasteiger partial charge is 0.0811 e. The first-order chi connectivity index (χ1) is 7.54. The lowest BCUT2D eigenvalue weighted by Gasteiger charge is -2.17. The molecule has 0 saturated heterocycles. The predicted molar refractivity (Wildman–Crippen MR) is 65.2 cm³/mol. The fraction of sp³-hybridized carbons (Fsp3) is 0.692. The number of aromatic nitrogens is 2. The summed E-state index contributed by atoms with van der Waals surface area (Å²) in [5.41, 5.74) is 2.63. The quantitative estimate of drug-likeness (QED) is 0.833. The van der Waals surface area contributed by atoms with Gasteiger partial charge in [0.05, 0.1) is 17.5 Å². The van der Waals surface area contributed by atoms with Gasteiger partial charge in [-0.1, -0.05) is 26.7 Å². The van der Waals surface area contributed by atoms with Gasteiger partial charge in [0.25, 0.3) is 0 Å². The normalized spacial score (nSPS) is 14.8. The molecule has 0 saturated carbocycles. The van der Waals surface area contributed by atoms with E-state index in [0.717, 1.165) is 29.8 Å². The maximum atomic E-state index is 10.2. The first-order valence-electron chi connectivity index (χ1n) is 6.03. The van der Waals surface area contributed by atoms with Crippen molar-refractivity contribution >= 4 is 0 Å². The monoisotopic (exact) mass is 222 g/mol. The molecule has 1 aromatic rings. The minimum Gasteiger partial charge on any atom is -0.388 e. The van der Waals surface area contributed by atoms with Crippen LogP contribution in [0.2, 0.25) is 0 Å². The van der Waals surface area contributed by atoms with E-state index in [0.29, 0.717) is 5.92 Å². The summed E-state index contributed by atoms with van der Waals surface area (Å²) in [6.07, 6.45) is 2.73. The summed E-state index contributed by atoms with van der Waals surface area (Å²) in [4.78, 5) is 0. The highest BCUT2D eigenvalue weighted by Crippen LogP contribution is 2.25. The van der Waals surface area contributed by atoms with Gasteiger partial charge in [0.1, 0.15) is 0 Å². The van der Waals surface area contributed by atoms with E-state index in [1.165, 1.54) is 6.42 Å². The second-order valence-corrected chi connectivity index (χ2v) is 4.67. The lowest BCUT2D eigenvalue weighted by molar-refractivity contribution is 0.143. The zero-order chi connectivity index (χ0) is 12.1. The van der Waals surface area contributed by atoms with E-state index >= 15 is 0 Å². The van der Waals surface area contributed by atoms with Crippen molar-refractivity contribution in [3.05, 3.63) is 23.0 Å². The Morgan fingerprint density at radius 2 is 2.00 bits per heavy atom. The number of aliphatic hydroxyl groups excluding tert-OH is 1. The molecule has 0 aliphatic carbocycles. The Bertz CT molecular complexity index is 339. The molecular formula is C13H22N2O. The van der Waals surface area contributed by atoms with Crippen LogP contribution in [0.25, 0.3) is 0 Å². The van der Waals surface area contributed by atoms with E-state index < -0.39 is 6.10 Å². The lowest BCUT2D eigenvalue weighted by Crippen LogP contribution is -2.08. The average Bonchev–Trinajstić information content (AvgIpc) is 2.21. The second kappa shape index (κ2) is 5.94. The Morgan fingerprint density at radius 3 is 2.62 bits per heavy atom. The largest absolute Gasteiger partial charge is 0.388 e. The van der Waals surface area contributed by atoms with Gasteiger partial charge in [-0.2, -0.15) is 10.2 Å². The molecule has 3 heteroatoms. The van der Waals surface area contributed by atoms with Gasteiger partial charge in [0.15, 0.2) is 0 Å². The standard InChI is InChI=1S/C13H22N2O/c1-5-6-9(2)7-13(16)12-8-10(3)14-15-11(12)4/h8-9,13,16H,5-7H2,1-4H3. The summed E-state index contributed by atoms with van der Waals surface area (Å²) < 4.78 is 0. The molecule has 1 aromatic heterocycles. The Balaban J connectivity index is 2.72. The third kappa shape index (κ3) is 3.56.